The van der Waals surface area contributed by atoms with Crippen molar-refractivity contribution in [2.45, 2.75) is 10.9 Å². The predicted octanol–water partition coefficient (Wildman–Crippen LogP) is 0.664. The Kier molecular flexibility index (Phi) is 2.77. The van der Waals surface area contributed by atoms with Gasteiger partial charge in [-0.15, -0.1) is 11.8 Å². The first-order valence-corrected chi connectivity index (χ1v) is 7.75. The summed E-state index contributed by atoms with van der Waals surface area (Å²) < 4.78 is 0. The Balaban J connectivity index is 2.08. The summed E-state index contributed by atoms with van der Waals surface area (Å²) in [5.41, 5.74) is 8.79. The summed E-state index contributed by atoms with van der Waals surface area (Å²) in [7, 11) is 0. The summed E-state index contributed by atoms with van der Waals surface area (Å²) in [5.74, 6) is 0.658. The van der Waals surface area contributed by atoms with Gasteiger partial charge in [0, 0.05) is 28.7 Å². The second-order valence-corrected chi connectivity index (χ2v) is 6.51. The molecule has 3 N–H and O–H groups in total. The fourth-order valence-corrected chi connectivity index (χ4v) is 4.87. The number of thioether (sulfide) groups is 2. The molecule has 3 unspecified atom stereocenters. The molecular formula is C11H14N2O2S2. The molecule has 0 aromatic heterocycles. The molecule has 1 aliphatic carbocycles. The average molecular weight is 270 g/mol. The molecule has 2 aliphatic heterocycles. The molecule has 2 saturated heterocycles. The second kappa shape index (κ2) is 4.05. The van der Waals surface area contributed by atoms with Crippen LogP contribution in [0.1, 0.15) is 0 Å². The lowest BCUT2D eigenvalue weighted by atomic mass is 9.77. The maximum Gasteiger partial charge on any atom is 0.245 e. The minimum absolute atomic E-state index is 0.0842. The van der Waals surface area contributed by atoms with Crippen LogP contribution in [-0.4, -0.2) is 35.3 Å². The molecule has 3 atom stereocenters. The maximum atomic E-state index is 11.6. The lowest BCUT2D eigenvalue weighted by Crippen LogP contribution is -2.44. The van der Waals surface area contributed by atoms with Crippen LogP contribution in [0.2, 0.25) is 0 Å². The number of carbonyl (C=O) groups is 1. The van der Waals surface area contributed by atoms with Crippen molar-refractivity contribution in [1.29, 1.82) is 0 Å². The van der Waals surface area contributed by atoms with Gasteiger partial charge in [-0.2, -0.15) is 11.8 Å². The topological polar surface area (TPSA) is 64.3 Å². The molecule has 17 heavy (non-hydrogen) atoms. The van der Waals surface area contributed by atoms with Crippen LogP contribution in [0.4, 0.5) is 0 Å². The first-order chi connectivity index (χ1) is 8.17. The van der Waals surface area contributed by atoms with Crippen molar-refractivity contribution in [3.63, 3.8) is 0 Å². The standard InChI is InChI=1S/C11H14N2O2S2/c1-16-6-2-7(10(12)14)8-5-17-9-4-13-15-11(8,9)3-6/h2-3,8-9,13H,4-5H2,1H3,(H2,12,14). The largest absolute Gasteiger partial charge is 0.366 e. The van der Waals surface area contributed by atoms with Gasteiger partial charge in [-0.3, -0.25) is 9.63 Å². The normalized spacial score (nSPS) is 39.4. The van der Waals surface area contributed by atoms with Crippen LogP contribution in [0.25, 0.3) is 0 Å². The number of nitrogens with one attached hydrogen (secondary N) is 1. The molecule has 3 aliphatic rings. The van der Waals surface area contributed by atoms with E-state index in [0.29, 0.717) is 10.8 Å². The molecule has 92 valence electrons. The van der Waals surface area contributed by atoms with Crippen LogP contribution >= 0.6 is 23.5 Å². The van der Waals surface area contributed by atoms with E-state index in [4.69, 9.17) is 10.6 Å². The molecule has 1 amide bonds. The first-order valence-electron chi connectivity index (χ1n) is 5.48. The van der Waals surface area contributed by atoms with Crippen LogP contribution in [0.5, 0.6) is 0 Å². The van der Waals surface area contributed by atoms with Gasteiger partial charge in [-0.25, -0.2) is 5.48 Å². The van der Waals surface area contributed by atoms with Crippen molar-refractivity contribution in [2.75, 3.05) is 18.6 Å². The monoisotopic (exact) mass is 270 g/mol. The third-order valence-corrected chi connectivity index (χ3v) is 5.76. The smallest absolute Gasteiger partial charge is 0.245 e. The second-order valence-electron chi connectivity index (χ2n) is 4.39. The Hall–Kier alpha value is -0.430. The fraction of sp³-hybridized carbons (Fsp3) is 0.545. The first kappa shape index (κ1) is 11.6. The van der Waals surface area contributed by atoms with Gasteiger partial charge in [0.1, 0.15) is 5.60 Å². The summed E-state index contributed by atoms with van der Waals surface area (Å²) in [6.45, 7) is 0.825. The predicted molar refractivity (Wildman–Crippen MR) is 70.4 cm³/mol. The van der Waals surface area contributed by atoms with E-state index in [0.717, 1.165) is 17.2 Å². The quantitative estimate of drug-likeness (QED) is 0.772. The zero-order chi connectivity index (χ0) is 12.0. The summed E-state index contributed by atoms with van der Waals surface area (Å²) in [5, 5.41) is 0.373. The highest BCUT2D eigenvalue weighted by atomic mass is 32.2. The molecule has 4 nitrogen and oxygen atoms in total. The molecule has 0 bridgehead atoms. The van der Waals surface area contributed by atoms with E-state index in [1.54, 1.807) is 11.8 Å². The lowest BCUT2D eigenvalue weighted by Gasteiger charge is -2.33. The zero-order valence-corrected chi connectivity index (χ0v) is 11.1. The number of hydroxylamine groups is 1. The molecule has 0 aromatic carbocycles. The van der Waals surface area contributed by atoms with Gasteiger partial charge in [0.25, 0.3) is 0 Å². The fourth-order valence-electron chi connectivity index (χ4n) is 2.73. The highest BCUT2D eigenvalue weighted by molar-refractivity contribution is 8.02. The van der Waals surface area contributed by atoms with Gasteiger partial charge in [-0.05, 0) is 18.4 Å². The van der Waals surface area contributed by atoms with Gasteiger partial charge in [0.2, 0.25) is 5.91 Å². The number of hydrogen-bond donors (Lipinski definition) is 2. The van der Waals surface area contributed by atoms with E-state index in [-0.39, 0.29) is 17.4 Å². The Morgan fingerprint density at radius 2 is 2.59 bits per heavy atom. The molecule has 0 radical (unpaired) electrons. The summed E-state index contributed by atoms with van der Waals surface area (Å²) in [6, 6.07) is 0. The molecule has 2 heterocycles. The molecular weight excluding hydrogens is 256 g/mol. The minimum atomic E-state index is -0.373. The molecule has 3 rings (SSSR count). The summed E-state index contributed by atoms with van der Waals surface area (Å²) in [4.78, 5) is 18.4. The van der Waals surface area contributed by atoms with Gasteiger partial charge in [0.15, 0.2) is 0 Å². The lowest BCUT2D eigenvalue weighted by molar-refractivity contribution is -0.116. The molecule has 6 heteroatoms. The van der Waals surface area contributed by atoms with Crippen molar-refractivity contribution in [3.05, 3.63) is 22.6 Å². The van der Waals surface area contributed by atoms with E-state index in [9.17, 15) is 4.79 Å². The van der Waals surface area contributed by atoms with Gasteiger partial charge < -0.3 is 5.73 Å². The van der Waals surface area contributed by atoms with Crippen LogP contribution in [-0.2, 0) is 9.63 Å². The minimum Gasteiger partial charge on any atom is -0.366 e. The van der Waals surface area contributed by atoms with E-state index in [1.165, 1.54) is 0 Å². The Labute approximate surface area is 108 Å². The maximum absolute atomic E-state index is 11.6. The van der Waals surface area contributed by atoms with Crippen molar-refractivity contribution < 1.29 is 9.63 Å². The SMILES string of the molecule is CSC1=CC23ONCC2SCC3C(C(N)=O)=C1. The van der Waals surface area contributed by atoms with Crippen molar-refractivity contribution in [3.8, 4) is 0 Å². The Bertz CT molecular complexity index is 435. The molecule has 0 aromatic rings. The van der Waals surface area contributed by atoms with Crippen LogP contribution in [0.3, 0.4) is 0 Å². The highest BCUT2D eigenvalue weighted by Crippen LogP contribution is 2.52. The molecule has 1 spiro atoms. The third kappa shape index (κ3) is 1.58. The van der Waals surface area contributed by atoms with Gasteiger partial charge >= 0.3 is 0 Å². The van der Waals surface area contributed by atoms with Gasteiger partial charge in [-0.1, -0.05) is 0 Å². The van der Waals surface area contributed by atoms with E-state index in [1.807, 2.05) is 24.1 Å². The van der Waals surface area contributed by atoms with E-state index in [2.05, 4.69) is 11.6 Å². The molecule has 0 saturated carbocycles. The molecule has 2 fully saturated rings. The van der Waals surface area contributed by atoms with Crippen molar-refractivity contribution in [2.24, 2.45) is 11.7 Å². The number of rotatable bonds is 2. The number of carbonyl (C=O) groups excluding carboxylic acids is 1. The number of nitrogens with two attached hydrogens (primary N) is 1. The van der Waals surface area contributed by atoms with Crippen molar-refractivity contribution >= 4 is 29.4 Å². The van der Waals surface area contributed by atoms with Crippen LogP contribution in [0, 0.1) is 5.92 Å². The Morgan fingerprint density at radius 1 is 1.76 bits per heavy atom. The highest BCUT2D eigenvalue weighted by Gasteiger charge is 2.57. The van der Waals surface area contributed by atoms with E-state index < -0.39 is 0 Å². The van der Waals surface area contributed by atoms with Crippen LogP contribution < -0.4 is 11.2 Å². The number of hydrogen-bond acceptors (Lipinski definition) is 5. The Morgan fingerprint density at radius 3 is 3.29 bits per heavy atom. The summed E-state index contributed by atoms with van der Waals surface area (Å²) >= 11 is 3.47. The van der Waals surface area contributed by atoms with E-state index >= 15 is 0 Å². The number of primary amides is 1. The van der Waals surface area contributed by atoms with Gasteiger partial charge in [0.05, 0.1) is 5.25 Å². The summed E-state index contributed by atoms with van der Waals surface area (Å²) in [6.07, 6.45) is 6.06. The van der Waals surface area contributed by atoms with Crippen molar-refractivity contribution in [1.82, 2.24) is 5.48 Å². The number of allylic oxidation sites excluding steroid dienone is 1. The van der Waals surface area contributed by atoms with Crippen LogP contribution in [0.15, 0.2) is 22.6 Å². The average Bonchev–Trinajstić information content (AvgIpc) is 2.83. The number of amides is 1. The zero-order valence-electron chi connectivity index (χ0n) is 9.43. The third-order valence-electron chi connectivity index (χ3n) is 3.59.